The van der Waals surface area contributed by atoms with Gasteiger partial charge in [-0.2, -0.15) is 0 Å². The van der Waals surface area contributed by atoms with Crippen LogP contribution in [0.25, 0.3) is 0 Å². The van der Waals surface area contributed by atoms with Gasteiger partial charge >= 0.3 is 0 Å². The van der Waals surface area contributed by atoms with E-state index in [1.165, 1.54) is 6.07 Å². The second-order valence-corrected chi connectivity index (χ2v) is 2.45. The van der Waals surface area contributed by atoms with Crippen LogP contribution in [0.3, 0.4) is 0 Å². The highest BCUT2D eigenvalue weighted by Crippen LogP contribution is 2.15. The van der Waals surface area contributed by atoms with Crippen molar-refractivity contribution in [2.24, 2.45) is 5.73 Å². The number of nitrogens with two attached hydrogens (primary N) is 2. The average Bonchev–Trinajstić information content (AvgIpc) is 2.03. The standard InChI is InChI=1S/C8H12FN3/c9-7-5-6(11)1-2-8(7)12-4-3-10/h1-2,5,12H,3-4,10-11H2. The molecule has 3 nitrogen and oxygen atoms in total. The first-order valence-corrected chi connectivity index (χ1v) is 3.73. The van der Waals surface area contributed by atoms with Crippen LogP contribution in [-0.2, 0) is 0 Å². The third-order valence-electron chi connectivity index (χ3n) is 1.45. The van der Waals surface area contributed by atoms with Gasteiger partial charge in [0.05, 0.1) is 5.69 Å². The maximum absolute atomic E-state index is 13.0. The Hall–Kier alpha value is -1.29. The van der Waals surface area contributed by atoms with Crippen molar-refractivity contribution in [3.63, 3.8) is 0 Å². The molecule has 0 atom stereocenters. The molecule has 0 bridgehead atoms. The summed E-state index contributed by atoms with van der Waals surface area (Å²) < 4.78 is 13.0. The topological polar surface area (TPSA) is 64.1 Å². The number of hydrogen-bond acceptors (Lipinski definition) is 3. The van der Waals surface area contributed by atoms with Gasteiger partial charge in [-0.15, -0.1) is 0 Å². The molecule has 1 rings (SSSR count). The normalized spacial score (nSPS) is 9.83. The summed E-state index contributed by atoms with van der Waals surface area (Å²) in [6.07, 6.45) is 0. The molecule has 0 amide bonds. The van der Waals surface area contributed by atoms with Gasteiger partial charge in [0.25, 0.3) is 0 Å². The predicted octanol–water partition coefficient (Wildman–Crippen LogP) is 0.778. The molecule has 1 aromatic carbocycles. The molecule has 0 radical (unpaired) electrons. The van der Waals surface area contributed by atoms with E-state index in [0.717, 1.165) is 0 Å². The first kappa shape index (κ1) is 8.80. The van der Waals surface area contributed by atoms with Crippen LogP contribution < -0.4 is 16.8 Å². The molecular weight excluding hydrogens is 157 g/mol. The summed E-state index contributed by atoms with van der Waals surface area (Å²) in [5.41, 5.74) is 11.5. The minimum absolute atomic E-state index is 0.344. The Morgan fingerprint density at radius 3 is 2.75 bits per heavy atom. The lowest BCUT2D eigenvalue weighted by atomic mass is 10.2. The van der Waals surface area contributed by atoms with E-state index >= 15 is 0 Å². The molecule has 1 aromatic rings. The molecule has 5 N–H and O–H groups in total. The minimum Gasteiger partial charge on any atom is -0.399 e. The Balaban J connectivity index is 2.72. The highest BCUT2D eigenvalue weighted by atomic mass is 19.1. The highest BCUT2D eigenvalue weighted by Gasteiger charge is 1.99. The first-order chi connectivity index (χ1) is 5.74. The Kier molecular flexibility index (Phi) is 2.88. The van der Waals surface area contributed by atoms with Crippen LogP contribution in [0.1, 0.15) is 0 Å². The fourth-order valence-corrected chi connectivity index (χ4v) is 0.882. The zero-order valence-corrected chi connectivity index (χ0v) is 6.68. The molecule has 0 heterocycles. The molecule has 4 heteroatoms. The van der Waals surface area contributed by atoms with Gasteiger partial charge in [0.2, 0.25) is 0 Å². The van der Waals surface area contributed by atoms with Crippen molar-refractivity contribution in [1.29, 1.82) is 0 Å². The first-order valence-electron chi connectivity index (χ1n) is 3.73. The van der Waals surface area contributed by atoms with Crippen molar-refractivity contribution in [1.82, 2.24) is 0 Å². The Bertz CT molecular complexity index is 262. The van der Waals surface area contributed by atoms with Gasteiger partial charge in [-0.25, -0.2) is 4.39 Å². The SMILES string of the molecule is NCCNc1ccc(N)cc1F. The number of nitrogens with one attached hydrogen (secondary N) is 1. The number of halogens is 1. The van der Waals surface area contributed by atoms with Gasteiger partial charge in [0.1, 0.15) is 5.82 Å². The summed E-state index contributed by atoms with van der Waals surface area (Å²) in [7, 11) is 0. The van der Waals surface area contributed by atoms with E-state index in [2.05, 4.69) is 5.32 Å². The average molecular weight is 169 g/mol. The van der Waals surface area contributed by atoms with E-state index in [-0.39, 0.29) is 5.82 Å². The Morgan fingerprint density at radius 1 is 1.42 bits per heavy atom. The monoisotopic (exact) mass is 169 g/mol. The van der Waals surface area contributed by atoms with E-state index < -0.39 is 0 Å². The lowest BCUT2D eigenvalue weighted by Gasteiger charge is -2.05. The number of anilines is 2. The maximum Gasteiger partial charge on any atom is 0.148 e. The van der Waals surface area contributed by atoms with Crippen LogP contribution in [0.5, 0.6) is 0 Å². The Labute approximate surface area is 70.6 Å². The smallest absolute Gasteiger partial charge is 0.148 e. The highest BCUT2D eigenvalue weighted by molar-refractivity contribution is 5.52. The fraction of sp³-hybridized carbons (Fsp3) is 0.250. The Morgan fingerprint density at radius 2 is 2.17 bits per heavy atom. The molecule has 0 unspecified atom stereocenters. The minimum atomic E-state index is -0.344. The van der Waals surface area contributed by atoms with Crippen molar-refractivity contribution in [2.45, 2.75) is 0 Å². The van der Waals surface area contributed by atoms with Gasteiger partial charge in [-0.05, 0) is 18.2 Å². The molecule has 0 saturated carbocycles. The number of hydrogen-bond donors (Lipinski definition) is 3. The van der Waals surface area contributed by atoms with Crippen LogP contribution in [0.15, 0.2) is 18.2 Å². The van der Waals surface area contributed by atoms with Crippen molar-refractivity contribution in [3.05, 3.63) is 24.0 Å². The van der Waals surface area contributed by atoms with E-state index in [9.17, 15) is 4.39 Å². The third kappa shape index (κ3) is 2.10. The zero-order valence-electron chi connectivity index (χ0n) is 6.68. The van der Waals surface area contributed by atoms with Gasteiger partial charge in [-0.3, -0.25) is 0 Å². The van der Waals surface area contributed by atoms with Crippen LogP contribution in [0.2, 0.25) is 0 Å². The lowest BCUT2D eigenvalue weighted by molar-refractivity contribution is 0.631. The third-order valence-corrected chi connectivity index (χ3v) is 1.45. The summed E-state index contributed by atoms with van der Waals surface area (Å²) in [5, 5.41) is 2.83. The van der Waals surface area contributed by atoms with Crippen molar-refractivity contribution in [3.8, 4) is 0 Å². The fourth-order valence-electron chi connectivity index (χ4n) is 0.882. The second kappa shape index (κ2) is 3.92. The second-order valence-electron chi connectivity index (χ2n) is 2.45. The van der Waals surface area contributed by atoms with Gasteiger partial charge in [0.15, 0.2) is 0 Å². The molecule has 0 aliphatic rings. The van der Waals surface area contributed by atoms with Crippen molar-refractivity contribution >= 4 is 11.4 Å². The number of rotatable bonds is 3. The van der Waals surface area contributed by atoms with Crippen molar-refractivity contribution < 1.29 is 4.39 Å². The van der Waals surface area contributed by atoms with E-state index in [0.29, 0.717) is 24.5 Å². The molecule has 12 heavy (non-hydrogen) atoms. The van der Waals surface area contributed by atoms with Crippen LogP contribution >= 0.6 is 0 Å². The molecule has 0 fully saturated rings. The summed E-state index contributed by atoms with van der Waals surface area (Å²) >= 11 is 0. The quantitative estimate of drug-likeness (QED) is 0.586. The lowest BCUT2D eigenvalue weighted by Crippen LogP contribution is -2.13. The molecule has 66 valence electrons. The predicted molar refractivity (Wildman–Crippen MR) is 48.4 cm³/mol. The van der Waals surface area contributed by atoms with Gasteiger partial charge in [0, 0.05) is 18.8 Å². The largest absolute Gasteiger partial charge is 0.399 e. The molecule has 0 aliphatic heterocycles. The molecule has 0 spiro atoms. The van der Waals surface area contributed by atoms with E-state index in [4.69, 9.17) is 11.5 Å². The van der Waals surface area contributed by atoms with Gasteiger partial charge in [-0.1, -0.05) is 0 Å². The summed E-state index contributed by atoms with van der Waals surface area (Å²) in [5.74, 6) is -0.344. The maximum atomic E-state index is 13.0. The molecule has 0 saturated heterocycles. The summed E-state index contributed by atoms with van der Waals surface area (Å²) in [6.45, 7) is 1.03. The van der Waals surface area contributed by atoms with Crippen LogP contribution in [0.4, 0.5) is 15.8 Å². The molecule has 0 aliphatic carbocycles. The molecular formula is C8H12FN3. The van der Waals surface area contributed by atoms with E-state index in [1.54, 1.807) is 12.1 Å². The van der Waals surface area contributed by atoms with Gasteiger partial charge < -0.3 is 16.8 Å². The summed E-state index contributed by atoms with van der Waals surface area (Å²) in [4.78, 5) is 0. The zero-order chi connectivity index (χ0) is 8.97. The number of benzene rings is 1. The van der Waals surface area contributed by atoms with Crippen molar-refractivity contribution in [2.75, 3.05) is 24.1 Å². The van der Waals surface area contributed by atoms with E-state index in [1.807, 2.05) is 0 Å². The molecule has 0 aromatic heterocycles. The number of nitrogen functional groups attached to an aromatic ring is 1. The summed E-state index contributed by atoms with van der Waals surface area (Å²) in [6, 6.07) is 4.51. The van der Waals surface area contributed by atoms with Crippen LogP contribution in [0, 0.1) is 5.82 Å². The van der Waals surface area contributed by atoms with Crippen LogP contribution in [-0.4, -0.2) is 13.1 Å².